The van der Waals surface area contributed by atoms with Gasteiger partial charge in [0, 0.05) is 37.1 Å². The molecule has 0 spiro atoms. The number of nitrogens with zero attached hydrogens (tertiary/aromatic N) is 3. The van der Waals surface area contributed by atoms with Gasteiger partial charge in [-0.3, -0.25) is 14.2 Å². The molecule has 0 aromatic carbocycles. The molecule has 3 rings (SSSR count). The van der Waals surface area contributed by atoms with Crippen molar-refractivity contribution >= 4 is 5.91 Å². The number of nitrogens with one attached hydrogen (secondary N) is 1. The highest BCUT2D eigenvalue weighted by Gasteiger charge is 2.25. The Hall–Kier alpha value is -2.44. The molecule has 2 aromatic rings. The van der Waals surface area contributed by atoms with Gasteiger partial charge in [0.15, 0.2) is 0 Å². The van der Waals surface area contributed by atoms with Crippen molar-refractivity contribution < 1.29 is 9.32 Å². The molecule has 1 saturated carbocycles. The predicted molar refractivity (Wildman–Crippen MR) is 87.8 cm³/mol. The Bertz CT molecular complexity index is 770. The van der Waals surface area contributed by atoms with E-state index in [-0.39, 0.29) is 11.5 Å². The highest BCUT2D eigenvalue weighted by atomic mass is 16.5. The largest absolute Gasteiger partial charge is 0.361 e. The Morgan fingerprint density at radius 2 is 2.21 bits per heavy atom. The molecule has 0 bridgehead atoms. The number of carbonyl (C=O) groups is 1. The standard InChI is InChI=1S/C17H22N4O3/c1-11-14(12(2)24-20-11)5-6-16(22)18-7-8-21-10-19-15(9-17(21)23)13-3-4-13/h9-10,13H,3-8H2,1-2H3,(H,18,22). The molecule has 128 valence electrons. The third kappa shape index (κ3) is 3.90. The lowest BCUT2D eigenvalue weighted by Crippen LogP contribution is -2.31. The second-order valence-electron chi connectivity index (χ2n) is 6.27. The summed E-state index contributed by atoms with van der Waals surface area (Å²) in [7, 11) is 0. The molecule has 24 heavy (non-hydrogen) atoms. The first-order valence-electron chi connectivity index (χ1n) is 8.29. The van der Waals surface area contributed by atoms with Crippen LogP contribution in [0.15, 0.2) is 21.7 Å². The summed E-state index contributed by atoms with van der Waals surface area (Å²) in [5, 5.41) is 6.71. The van der Waals surface area contributed by atoms with E-state index in [2.05, 4.69) is 15.5 Å². The van der Waals surface area contributed by atoms with E-state index in [9.17, 15) is 9.59 Å². The van der Waals surface area contributed by atoms with E-state index >= 15 is 0 Å². The fourth-order valence-corrected chi connectivity index (χ4v) is 2.71. The summed E-state index contributed by atoms with van der Waals surface area (Å²) in [4.78, 5) is 28.2. The number of rotatable bonds is 7. The summed E-state index contributed by atoms with van der Waals surface area (Å²) in [6.07, 6.45) is 4.79. The van der Waals surface area contributed by atoms with Crippen LogP contribution in [0.1, 0.15) is 47.9 Å². The smallest absolute Gasteiger partial charge is 0.253 e. The third-order valence-electron chi connectivity index (χ3n) is 4.35. The monoisotopic (exact) mass is 330 g/mol. The van der Waals surface area contributed by atoms with Gasteiger partial charge in [-0.1, -0.05) is 5.16 Å². The third-order valence-corrected chi connectivity index (χ3v) is 4.35. The molecule has 0 aliphatic heterocycles. The van der Waals surface area contributed by atoms with E-state index < -0.39 is 0 Å². The van der Waals surface area contributed by atoms with Gasteiger partial charge >= 0.3 is 0 Å². The molecule has 7 heteroatoms. The van der Waals surface area contributed by atoms with Crippen molar-refractivity contribution in [2.45, 2.75) is 52.0 Å². The van der Waals surface area contributed by atoms with Crippen molar-refractivity contribution in [3.8, 4) is 0 Å². The summed E-state index contributed by atoms with van der Waals surface area (Å²) >= 11 is 0. The van der Waals surface area contributed by atoms with E-state index in [1.165, 1.54) is 4.57 Å². The maximum Gasteiger partial charge on any atom is 0.253 e. The van der Waals surface area contributed by atoms with Gasteiger partial charge < -0.3 is 9.84 Å². The molecule has 0 unspecified atom stereocenters. The van der Waals surface area contributed by atoms with Crippen molar-refractivity contribution in [3.05, 3.63) is 45.5 Å². The normalized spacial score (nSPS) is 13.9. The van der Waals surface area contributed by atoms with Crippen LogP contribution in [0.25, 0.3) is 0 Å². The Labute approximate surface area is 140 Å². The van der Waals surface area contributed by atoms with Gasteiger partial charge in [0.2, 0.25) is 5.91 Å². The van der Waals surface area contributed by atoms with Gasteiger partial charge in [-0.2, -0.15) is 0 Å². The maximum absolute atomic E-state index is 12.0. The van der Waals surface area contributed by atoms with Gasteiger partial charge in [-0.05, 0) is 33.1 Å². The zero-order chi connectivity index (χ0) is 17.1. The van der Waals surface area contributed by atoms with Crippen molar-refractivity contribution in [1.82, 2.24) is 20.0 Å². The first-order chi connectivity index (χ1) is 11.5. The van der Waals surface area contributed by atoms with Gasteiger partial charge in [0.1, 0.15) is 5.76 Å². The number of hydrogen-bond acceptors (Lipinski definition) is 5. The van der Waals surface area contributed by atoms with Crippen molar-refractivity contribution in [2.75, 3.05) is 6.54 Å². The van der Waals surface area contributed by atoms with Gasteiger partial charge in [0.25, 0.3) is 5.56 Å². The zero-order valence-corrected chi connectivity index (χ0v) is 14.0. The van der Waals surface area contributed by atoms with Crippen molar-refractivity contribution in [2.24, 2.45) is 0 Å². The van der Waals surface area contributed by atoms with Crippen LogP contribution >= 0.6 is 0 Å². The minimum Gasteiger partial charge on any atom is -0.361 e. The molecule has 1 aliphatic rings. The lowest BCUT2D eigenvalue weighted by atomic mass is 10.1. The molecule has 0 saturated heterocycles. The SMILES string of the molecule is Cc1noc(C)c1CCC(=O)NCCn1cnc(C2CC2)cc1=O. The summed E-state index contributed by atoms with van der Waals surface area (Å²) < 4.78 is 6.61. The highest BCUT2D eigenvalue weighted by Crippen LogP contribution is 2.38. The topological polar surface area (TPSA) is 90.0 Å². The van der Waals surface area contributed by atoms with Crippen LogP contribution in [-0.4, -0.2) is 27.2 Å². The Kier molecular flexibility index (Phi) is 4.78. The number of aromatic nitrogens is 3. The number of aryl methyl sites for hydroxylation is 2. The van der Waals surface area contributed by atoms with Gasteiger partial charge in [-0.25, -0.2) is 4.98 Å². The van der Waals surface area contributed by atoms with Crippen molar-refractivity contribution in [1.29, 1.82) is 0 Å². The molecule has 1 aliphatic carbocycles. The Morgan fingerprint density at radius 3 is 2.83 bits per heavy atom. The Balaban J connectivity index is 1.44. The molecular formula is C17H22N4O3. The first kappa shape index (κ1) is 16.4. The minimum absolute atomic E-state index is 0.0504. The quantitative estimate of drug-likeness (QED) is 0.830. The molecule has 0 radical (unpaired) electrons. The lowest BCUT2D eigenvalue weighted by molar-refractivity contribution is -0.121. The summed E-state index contributed by atoms with van der Waals surface area (Å²) in [5.41, 5.74) is 2.64. The fourth-order valence-electron chi connectivity index (χ4n) is 2.71. The number of hydrogen-bond donors (Lipinski definition) is 1. The van der Waals surface area contributed by atoms with E-state index in [4.69, 9.17) is 4.52 Å². The van der Waals surface area contributed by atoms with Crippen LogP contribution in [0.3, 0.4) is 0 Å². The first-order valence-corrected chi connectivity index (χ1v) is 8.29. The van der Waals surface area contributed by atoms with Crippen LogP contribution in [0.2, 0.25) is 0 Å². The van der Waals surface area contributed by atoms with Gasteiger partial charge in [-0.15, -0.1) is 0 Å². The summed E-state index contributed by atoms with van der Waals surface area (Å²) in [6, 6.07) is 1.61. The number of amides is 1. The van der Waals surface area contributed by atoms with Crippen LogP contribution in [0.4, 0.5) is 0 Å². The molecule has 2 heterocycles. The average Bonchev–Trinajstić information content (AvgIpc) is 3.34. The minimum atomic E-state index is -0.0585. The second-order valence-corrected chi connectivity index (χ2v) is 6.27. The highest BCUT2D eigenvalue weighted by molar-refractivity contribution is 5.76. The molecular weight excluding hydrogens is 308 g/mol. The fraction of sp³-hybridized carbons (Fsp3) is 0.529. The van der Waals surface area contributed by atoms with Crippen molar-refractivity contribution in [3.63, 3.8) is 0 Å². The van der Waals surface area contributed by atoms with E-state index in [1.54, 1.807) is 12.4 Å². The lowest BCUT2D eigenvalue weighted by Gasteiger charge is -2.08. The molecule has 0 atom stereocenters. The average molecular weight is 330 g/mol. The molecule has 1 N–H and O–H groups in total. The predicted octanol–water partition coefficient (Wildman–Crippen LogP) is 1.47. The molecule has 1 amide bonds. The van der Waals surface area contributed by atoms with Crippen LogP contribution in [0.5, 0.6) is 0 Å². The summed E-state index contributed by atoms with van der Waals surface area (Å²) in [5.74, 6) is 1.18. The van der Waals surface area contributed by atoms with E-state index in [0.717, 1.165) is 35.6 Å². The van der Waals surface area contributed by atoms with Crippen LogP contribution in [-0.2, 0) is 17.8 Å². The van der Waals surface area contributed by atoms with E-state index in [0.29, 0.717) is 31.8 Å². The molecule has 2 aromatic heterocycles. The van der Waals surface area contributed by atoms with E-state index in [1.807, 2.05) is 13.8 Å². The zero-order valence-electron chi connectivity index (χ0n) is 14.0. The van der Waals surface area contributed by atoms with Gasteiger partial charge in [0.05, 0.1) is 17.7 Å². The molecule has 7 nitrogen and oxygen atoms in total. The van der Waals surface area contributed by atoms with Crippen LogP contribution in [0, 0.1) is 13.8 Å². The maximum atomic E-state index is 12.0. The Morgan fingerprint density at radius 1 is 1.42 bits per heavy atom. The summed E-state index contributed by atoms with van der Waals surface area (Å²) in [6.45, 7) is 4.55. The van der Waals surface area contributed by atoms with Crippen LogP contribution < -0.4 is 10.9 Å². The molecule has 1 fully saturated rings. The number of carbonyl (C=O) groups excluding carboxylic acids is 1. The second kappa shape index (κ2) is 6.98.